The van der Waals surface area contributed by atoms with E-state index in [2.05, 4.69) is 38.3 Å². The Morgan fingerprint density at radius 2 is 1.55 bits per heavy atom. The van der Waals surface area contributed by atoms with Crippen LogP contribution in [0.4, 0.5) is 5.13 Å². The predicted molar refractivity (Wildman–Crippen MR) is 153 cm³/mol. The second kappa shape index (κ2) is 12.2. The van der Waals surface area contributed by atoms with Gasteiger partial charge in [-0.15, -0.1) is 11.3 Å². The summed E-state index contributed by atoms with van der Waals surface area (Å²) in [6.45, 7) is 7.89. The summed E-state index contributed by atoms with van der Waals surface area (Å²) in [5.41, 5.74) is 2.83. The van der Waals surface area contributed by atoms with Crippen molar-refractivity contribution in [2.24, 2.45) is 0 Å². The first-order chi connectivity index (χ1) is 19.6. The van der Waals surface area contributed by atoms with Gasteiger partial charge in [-0.2, -0.15) is 0 Å². The molecule has 4 heterocycles. The minimum absolute atomic E-state index is 0.0476. The second-order valence-electron chi connectivity index (χ2n) is 10.3. The zero-order valence-electron chi connectivity index (χ0n) is 22.5. The van der Waals surface area contributed by atoms with E-state index in [4.69, 9.17) is 9.47 Å². The van der Waals surface area contributed by atoms with Gasteiger partial charge in [-0.25, -0.2) is 4.98 Å². The van der Waals surface area contributed by atoms with Gasteiger partial charge in [0, 0.05) is 70.8 Å². The van der Waals surface area contributed by atoms with Gasteiger partial charge >= 0.3 is 0 Å². The van der Waals surface area contributed by atoms with E-state index in [9.17, 15) is 9.59 Å². The second-order valence-corrected chi connectivity index (χ2v) is 11.1. The van der Waals surface area contributed by atoms with Crippen molar-refractivity contribution >= 4 is 28.3 Å². The number of hydrogen-bond acceptors (Lipinski definition) is 9. The van der Waals surface area contributed by atoms with Crippen LogP contribution in [0.15, 0.2) is 53.9 Å². The number of fused-ring (bicyclic) bond motifs is 1. The molecule has 0 atom stereocenters. The smallest absolute Gasteiger partial charge is 0.273 e. The fourth-order valence-corrected chi connectivity index (χ4v) is 5.93. The zero-order chi connectivity index (χ0) is 27.3. The third-order valence-electron chi connectivity index (χ3n) is 7.60. The van der Waals surface area contributed by atoms with E-state index >= 15 is 0 Å². The number of carbonyl (C=O) groups is 2. The highest BCUT2D eigenvalue weighted by Crippen LogP contribution is 2.32. The lowest BCUT2D eigenvalue weighted by molar-refractivity contribution is -0.134. The molecule has 2 amide bonds. The number of carbonyl (C=O) groups excluding carboxylic acids is 2. The number of piperazine rings is 2. The quantitative estimate of drug-likeness (QED) is 0.448. The summed E-state index contributed by atoms with van der Waals surface area (Å²) in [6, 6.07) is 16.2. The first-order valence-corrected chi connectivity index (χ1v) is 14.6. The summed E-state index contributed by atoms with van der Waals surface area (Å²) in [4.78, 5) is 38.8. The molecule has 1 aromatic heterocycles. The number of amides is 2. The van der Waals surface area contributed by atoms with Gasteiger partial charge in [-0.1, -0.05) is 36.4 Å². The molecule has 11 heteroatoms. The van der Waals surface area contributed by atoms with Crippen LogP contribution in [0.5, 0.6) is 11.5 Å². The van der Waals surface area contributed by atoms with E-state index in [0.29, 0.717) is 45.0 Å². The molecule has 0 radical (unpaired) electrons. The van der Waals surface area contributed by atoms with Crippen molar-refractivity contribution < 1.29 is 19.1 Å². The zero-order valence-corrected chi connectivity index (χ0v) is 23.3. The molecule has 2 saturated heterocycles. The number of nitrogens with one attached hydrogen (secondary N) is 1. The minimum Gasteiger partial charge on any atom is -0.454 e. The lowest BCUT2D eigenvalue weighted by atomic mass is 10.1. The van der Waals surface area contributed by atoms with Crippen LogP contribution in [0.25, 0.3) is 0 Å². The number of anilines is 1. The highest BCUT2D eigenvalue weighted by Gasteiger charge is 2.27. The van der Waals surface area contributed by atoms with Crippen molar-refractivity contribution in [2.75, 3.05) is 71.0 Å². The van der Waals surface area contributed by atoms with Gasteiger partial charge in [-0.3, -0.25) is 19.4 Å². The Bertz CT molecular complexity index is 1320. The fourth-order valence-electron chi connectivity index (χ4n) is 5.24. The summed E-state index contributed by atoms with van der Waals surface area (Å²) in [7, 11) is 0. The van der Waals surface area contributed by atoms with E-state index in [1.165, 1.54) is 22.5 Å². The number of hydrogen-bond donors (Lipinski definition) is 1. The fraction of sp³-hybridized carbons (Fsp3) is 0.414. The highest BCUT2D eigenvalue weighted by molar-refractivity contribution is 7.13. The average Bonchev–Trinajstić information content (AvgIpc) is 3.67. The summed E-state index contributed by atoms with van der Waals surface area (Å²) >= 11 is 1.45. The van der Waals surface area contributed by atoms with Crippen molar-refractivity contribution in [3.63, 3.8) is 0 Å². The Hall–Kier alpha value is -3.67. The Kier molecular flexibility index (Phi) is 8.12. The van der Waals surface area contributed by atoms with Crippen LogP contribution < -0.4 is 14.8 Å². The average molecular weight is 563 g/mol. The van der Waals surface area contributed by atoms with E-state index in [1.807, 2.05) is 45.5 Å². The first kappa shape index (κ1) is 26.5. The maximum absolute atomic E-state index is 13.0. The molecule has 3 aromatic rings. The maximum atomic E-state index is 13.0. The molecular weight excluding hydrogens is 528 g/mol. The van der Waals surface area contributed by atoms with E-state index in [0.717, 1.165) is 49.4 Å². The molecule has 0 saturated carbocycles. The number of rotatable bonds is 8. The lowest BCUT2D eigenvalue weighted by Crippen LogP contribution is -2.54. The summed E-state index contributed by atoms with van der Waals surface area (Å²) in [5.74, 6) is 1.72. The van der Waals surface area contributed by atoms with E-state index < -0.39 is 0 Å². The van der Waals surface area contributed by atoms with Gasteiger partial charge in [0.1, 0.15) is 5.69 Å². The first-order valence-electron chi connectivity index (χ1n) is 13.7. The summed E-state index contributed by atoms with van der Waals surface area (Å²) < 4.78 is 10.9. The van der Waals surface area contributed by atoms with Crippen molar-refractivity contribution in [1.82, 2.24) is 24.6 Å². The standard InChI is InChI=1S/C29H34N6O4S/c36-27(34-12-8-32(9-13-34)18-23-6-7-25-26(16-23)39-21-38-25)19-33-10-14-35(15-11-33)28(37)24-20-40-29(31-24)30-17-22-4-2-1-3-5-22/h1-7,16,20H,8-15,17-19,21H2,(H,30,31). The number of nitrogens with zero attached hydrogens (tertiary/aromatic N) is 5. The molecule has 10 nitrogen and oxygen atoms in total. The third-order valence-corrected chi connectivity index (χ3v) is 8.40. The molecule has 2 fully saturated rings. The molecule has 3 aliphatic rings. The van der Waals surface area contributed by atoms with Gasteiger partial charge in [0.15, 0.2) is 16.6 Å². The predicted octanol–water partition coefficient (Wildman–Crippen LogP) is 2.59. The molecule has 210 valence electrons. The number of thiazole rings is 1. The number of ether oxygens (including phenoxy) is 2. The molecule has 0 aliphatic carbocycles. The largest absolute Gasteiger partial charge is 0.454 e. The van der Waals surface area contributed by atoms with Crippen LogP contribution in [-0.4, -0.2) is 102 Å². The number of benzene rings is 2. The van der Waals surface area contributed by atoms with Crippen LogP contribution in [0.2, 0.25) is 0 Å². The Morgan fingerprint density at radius 3 is 2.35 bits per heavy atom. The lowest BCUT2D eigenvalue weighted by Gasteiger charge is -2.38. The molecule has 40 heavy (non-hydrogen) atoms. The van der Waals surface area contributed by atoms with E-state index in [1.54, 1.807) is 0 Å². The molecule has 2 aromatic carbocycles. The third kappa shape index (κ3) is 6.38. The van der Waals surface area contributed by atoms with Gasteiger partial charge in [0.25, 0.3) is 5.91 Å². The van der Waals surface area contributed by atoms with Crippen LogP contribution in [0, 0.1) is 0 Å². The molecule has 0 unspecified atom stereocenters. The van der Waals surface area contributed by atoms with Gasteiger partial charge < -0.3 is 24.6 Å². The molecule has 1 N–H and O–H groups in total. The normalized spacial score (nSPS) is 17.7. The van der Waals surface area contributed by atoms with Gasteiger partial charge in [-0.05, 0) is 23.3 Å². The van der Waals surface area contributed by atoms with Crippen molar-refractivity contribution in [3.8, 4) is 11.5 Å². The minimum atomic E-state index is -0.0476. The van der Waals surface area contributed by atoms with Gasteiger partial charge in [0.2, 0.25) is 12.7 Å². The highest BCUT2D eigenvalue weighted by atomic mass is 32.1. The van der Waals surface area contributed by atoms with Crippen LogP contribution in [-0.2, 0) is 17.9 Å². The Labute approximate surface area is 238 Å². The van der Waals surface area contributed by atoms with E-state index in [-0.39, 0.29) is 18.6 Å². The molecular formula is C29H34N6O4S. The Balaban J connectivity index is 0.910. The van der Waals surface area contributed by atoms with Gasteiger partial charge in [0.05, 0.1) is 6.54 Å². The molecule has 3 aliphatic heterocycles. The molecule has 0 spiro atoms. The maximum Gasteiger partial charge on any atom is 0.273 e. The monoisotopic (exact) mass is 562 g/mol. The number of aromatic nitrogens is 1. The SMILES string of the molecule is O=C(CN1CCN(C(=O)c2csc(NCc3ccccc3)n2)CC1)N1CCN(Cc2ccc3c(c2)OCO3)CC1. The van der Waals surface area contributed by atoms with Crippen molar-refractivity contribution in [2.45, 2.75) is 13.1 Å². The van der Waals surface area contributed by atoms with Crippen molar-refractivity contribution in [1.29, 1.82) is 0 Å². The van der Waals surface area contributed by atoms with Crippen LogP contribution in [0.1, 0.15) is 21.6 Å². The topological polar surface area (TPSA) is 90.5 Å². The van der Waals surface area contributed by atoms with Crippen molar-refractivity contribution in [3.05, 3.63) is 70.7 Å². The van der Waals surface area contributed by atoms with Crippen LogP contribution >= 0.6 is 11.3 Å². The molecule has 6 rings (SSSR count). The Morgan fingerprint density at radius 1 is 0.825 bits per heavy atom. The van der Waals surface area contributed by atoms with Crippen LogP contribution in [0.3, 0.4) is 0 Å². The summed E-state index contributed by atoms with van der Waals surface area (Å²) in [5, 5.41) is 5.86. The summed E-state index contributed by atoms with van der Waals surface area (Å²) in [6.07, 6.45) is 0. The molecule has 0 bridgehead atoms.